The minimum Gasteiger partial charge on any atom is -0.473 e. The van der Waals surface area contributed by atoms with Crippen molar-refractivity contribution in [1.29, 1.82) is 0 Å². The van der Waals surface area contributed by atoms with Crippen molar-refractivity contribution < 1.29 is 36.4 Å². The minimum atomic E-state index is -4.79. The number of amides is 1. The highest BCUT2D eigenvalue weighted by Gasteiger charge is 2.31. The Kier molecular flexibility index (Phi) is 5.23. The van der Waals surface area contributed by atoms with Crippen LogP contribution in [0.2, 0.25) is 0 Å². The number of ether oxygens (including phenoxy) is 2. The Balaban J connectivity index is 1.53. The van der Waals surface area contributed by atoms with Crippen LogP contribution < -0.4 is 9.47 Å². The second-order valence-corrected chi connectivity index (χ2v) is 6.73. The van der Waals surface area contributed by atoms with Crippen molar-refractivity contribution in [1.82, 2.24) is 10.1 Å². The third kappa shape index (κ3) is 4.32. The van der Waals surface area contributed by atoms with Gasteiger partial charge in [-0.2, -0.15) is 0 Å². The number of likely N-dealkylation sites (tertiary alicyclic amines) is 1. The second-order valence-electron chi connectivity index (χ2n) is 6.73. The summed E-state index contributed by atoms with van der Waals surface area (Å²) in [4.78, 5) is 13.3. The van der Waals surface area contributed by atoms with Gasteiger partial charge >= 0.3 is 6.36 Å². The third-order valence-corrected chi connectivity index (χ3v) is 4.69. The van der Waals surface area contributed by atoms with Crippen LogP contribution in [-0.4, -0.2) is 42.0 Å². The molecule has 1 saturated heterocycles. The van der Waals surface area contributed by atoms with Crippen molar-refractivity contribution in [2.75, 3.05) is 19.7 Å². The van der Waals surface area contributed by atoms with Crippen LogP contribution in [0, 0.1) is 5.82 Å². The lowest BCUT2D eigenvalue weighted by Gasteiger charge is -2.14. The van der Waals surface area contributed by atoms with Crippen molar-refractivity contribution >= 4 is 16.9 Å². The molecule has 0 N–H and O–H groups in total. The normalized spacial score (nSPS) is 14.5. The molecule has 4 rings (SSSR count). The summed E-state index contributed by atoms with van der Waals surface area (Å²) in [5.74, 6) is -0.919. The fourth-order valence-electron chi connectivity index (χ4n) is 3.29. The number of fused-ring (bicyclic) bond motifs is 1. The average molecular weight is 424 g/mol. The number of hydrogen-bond acceptors (Lipinski definition) is 5. The molecule has 2 aromatic carbocycles. The van der Waals surface area contributed by atoms with Crippen molar-refractivity contribution in [2.24, 2.45) is 0 Å². The van der Waals surface area contributed by atoms with Crippen LogP contribution in [0.3, 0.4) is 0 Å². The zero-order valence-electron chi connectivity index (χ0n) is 15.5. The van der Waals surface area contributed by atoms with E-state index >= 15 is 0 Å². The van der Waals surface area contributed by atoms with Crippen LogP contribution in [0.25, 0.3) is 22.1 Å². The van der Waals surface area contributed by atoms with E-state index in [9.17, 15) is 22.4 Å². The largest absolute Gasteiger partial charge is 0.573 e. The molecule has 1 fully saturated rings. The van der Waals surface area contributed by atoms with E-state index in [-0.39, 0.29) is 35.1 Å². The third-order valence-electron chi connectivity index (χ3n) is 4.69. The lowest BCUT2D eigenvalue weighted by molar-refractivity contribution is -0.274. The van der Waals surface area contributed by atoms with Crippen LogP contribution in [0.1, 0.15) is 12.8 Å². The molecule has 0 radical (unpaired) electrons. The van der Waals surface area contributed by atoms with Crippen LogP contribution >= 0.6 is 0 Å². The number of alkyl halides is 3. The first-order valence-corrected chi connectivity index (χ1v) is 9.16. The zero-order valence-corrected chi connectivity index (χ0v) is 15.5. The molecule has 1 aliphatic rings. The molecule has 30 heavy (non-hydrogen) atoms. The van der Waals surface area contributed by atoms with Crippen LogP contribution in [-0.2, 0) is 4.79 Å². The molecule has 6 nitrogen and oxygen atoms in total. The molecule has 158 valence electrons. The molecule has 1 amide bonds. The maximum absolute atomic E-state index is 14.5. The zero-order chi connectivity index (χ0) is 21.3. The summed E-state index contributed by atoms with van der Waals surface area (Å²) >= 11 is 0. The molecule has 0 aliphatic carbocycles. The maximum Gasteiger partial charge on any atom is 0.573 e. The van der Waals surface area contributed by atoms with E-state index in [4.69, 9.17) is 9.26 Å². The lowest BCUT2D eigenvalue weighted by atomic mass is 10.0. The molecule has 0 unspecified atom stereocenters. The molecule has 1 aromatic heterocycles. The second kappa shape index (κ2) is 7.85. The number of halogens is 4. The summed E-state index contributed by atoms with van der Waals surface area (Å²) in [6, 6.07) is 7.82. The Hall–Kier alpha value is -3.30. The number of aromatic nitrogens is 1. The fraction of sp³-hybridized carbons (Fsp3) is 0.300. The molecule has 0 spiro atoms. The minimum absolute atomic E-state index is 0.0647. The molecule has 2 heterocycles. The Morgan fingerprint density at radius 1 is 1.13 bits per heavy atom. The summed E-state index contributed by atoms with van der Waals surface area (Å²) in [5.41, 5.74) is 0.782. The van der Waals surface area contributed by atoms with E-state index in [2.05, 4.69) is 9.89 Å². The molecule has 0 bridgehead atoms. The smallest absolute Gasteiger partial charge is 0.473 e. The van der Waals surface area contributed by atoms with Gasteiger partial charge in [-0.25, -0.2) is 4.39 Å². The van der Waals surface area contributed by atoms with Gasteiger partial charge in [0.05, 0.1) is 11.9 Å². The van der Waals surface area contributed by atoms with Crippen molar-refractivity contribution in [3.63, 3.8) is 0 Å². The molecule has 3 aromatic rings. The van der Waals surface area contributed by atoms with Crippen LogP contribution in [0.5, 0.6) is 11.6 Å². The van der Waals surface area contributed by atoms with Crippen molar-refractivity contribution in [3.05, 3.63) is 42.2 Å². The standard InChI is InChI=1S/C20H16F4N2O4/c21-16-11-13(12-3-5-14(6-4-12)29-20(22,23)24)10-15-18(16)30-25-19(15)28-9-8-26-7-1-2-17(26)27/h3-6,10-11H,1-2,7-9H2. The van der Waals surface area contributed by atoms with Gasteiger partial charge in [-0.05, 0) is 47.0 Å². The number of carbonyl (C=O) groups excluding carboxylic acids is 1. The summed E-state index contributed by atoms with van der Waals surface area (Å²) in [7, 11) is 0. The summed E-state index contributed by atoms with van der Waals surface area (Å²) in [6.07, 6.45) is -3.46. The molecule has 0 saturated carbocycles. The van der Waals surface area contributed by atoms with E-state index in [0.29, 0.717) is 30.6 Å². The Bertz CT molecular complexity index is 1060. The van der Waals surface area contributed by atoms with Crippen molar-refractivity contribution in [3.8, 4) is 22.8 Å². The first-order chi connectivity index (χ1) is 14.3. The first-order valence-electron chi connectivity index (χ1n) is 9.16. The predicted molar refractivity (Wildman–Crippen MR) is 97.4 cm³/mol. The first kappa shape index (κ1) is 20.0. The highest BCUT2D eigenvalue weighted by atomic mass is 19.4. The van der Waals surface area contributed by atoms with Gasteiger partial charge < -0.3 is 18.9 Å². The quantitative estimate of drug-likeness (QED) is 0.544. The van der Waals surface area contributed by atoms with Gasteiger partial charge in [-0.1, -0.05) is 12.1 Å². The number of hydrogen-bond donors (Lipinski definition) is 0. The van der Waals surface area contributed by atoms with E-state index in [0.717, 1.165) is 18.6 Å². The van der Waals surface area contributed by atoms with Crippen LogP contribution in [0.4, 0.5) is 17.6 Å². The monoisotopic (exact) mass is 424 g/mol. The van der Waals surface area contributed by atoms with E-state index in [1.54, 1.807) is 11.0 Å². The van der Waals surface area contributed by atoms with Gasteiger partial charge in [0.2, 0.25) is 11.5 Å². The van der Waals surface area contributed by atoms with E-state index < -0.39 is 12.2 Å². The van der Waals surface area contributed by atoms with E-state index in [1.165, 1.54) is 18.2 Å². The number of benzene rings is 2. The van der Waals surface area contributed by atoms with Gasteiger partial charge in [0.1, 0.15) is 12.4 Å². The molecule has 10 heteroatoms. The topological polar surface area (TPSA) is 64.8 Å². The van der Waals surface area contributed by atoms with Gasteiger partial charge in [-0.3, -0.25) is 4.79 Å². The molecule has 0 atom stereocenters. The highest BCUT2D eigenvalue weighted by Crippen LogP contribution is 2.33. The maximum atomic E-state index is 14.5. The lowest BCUT2D eigenvalue weighted by Crippen LogP contribution is -2.29. The Morgan fingerprint density at radius 2 is 1.90 bits per heavy atom. The van der Waals surface area contributed by atoms with Crippen molar-refractivity contribution in [2.45, 2.75) is 19.2 Å². The van der Waals surface area contributed by atoms with Gasteiger partial charge in [-0.15, -0.1) is 13.2 Å². The van der Waals surface area contributed by atoms with E-state index in [1.807, 2.05) is 0 Å². The summed E-state index contributed by atoms with van der Waals surface area (Å²) in [6.45, 7) is 1.23. The van der Waals surface area contributed by atoms with Gasteiger partial charge in [0.25, 0.3) is 5.88 Å². The number of rotatable bonds is 6. The van der Waals surface area contributed by atoms with Gasteiger partial charge in [0.15, 0.2) is 5.82 Å². The molecular formula is C20H16F4N2O4. The summed E-state index contributed by atoms with van der Waals surface area (Å²) < 4.78 is 65.8. The number of carbonyl (C=O) groups is 1. The van der Waals surface area contributed by atoms with Gasteiger partial charge in [0, 0.05) is 13.0 Å². The Morgan fingerprint density at radius 3 is 2.57 bits per heavy atom. The number of nitrogens with zero attached hydrogens (tertiary/aromatic N) is 2. The SMILES string of the molecule is O=C1CCCN1CCOc1noc2c(F)cc(-c3ccc(OC(F)(F)F)cc3)cc12. The fourth-order valence-corrected chi connectivity index (χ4v) is 3.29. The predicted octanol–water partition coefficient (Wildman–Crippen LogP) is 4.53. The van der Waals surface area contributed by atoms with Crippen LogP contribution in [0.15, 0.2) is 40.9 Å². The molecular weight excluding hydrogens is 408 g/mol. The highest BCUT2D eigenvalue weighted by molar-refractivity contribution is 5.87. The summed E-state index contributed by atoms with van der Waals surface area (Å²) in [5, 5.41) is 4.03. The Labute approximate surface area is 167 Å². The molecule has 1 aliphatic heterocycles. The average Bonchev–Trinajstić information content (AvgIpc) is 3.28.